The molecule has 0 amide bonds. The molecule has 0 saturated carbocycles. The maximum absolute atomic E-state index is 6.53. The molecule has 3 nitrogen and oxygen atoms in total. The molecule has 7 aromatic carbocycles. The SMILES string of the molecule is c1ccc(-n2c3ccccc3c3ccc4c5ccccc5n(-c5cccc6oc7cc8ccccc8cc7c56)c4c32)cc1. The molecule has 0 unspecified atom stereocenters. The molecule has 0 saturated heterocycles. The van der Waals surface area contributed by atoms with Crippen molar-refractivity contribution < 1.29 is 4.42 Å². The second-order valence-corrected chi connectivity index (χ2v) is 11.3. The molecule has 3 aromatic heterocycles. The van der Waals surface area contributed by atoms with Crippen LogP contribution < -0.4 is 0 Å². The van der Waals surface area contributed by atoms with E-state index in [4.69, 9.17) is 4.42 Å². The molecular weight excluding hydrogens is 524 g/mol. The third-order valence-corrected chi connectivity index (χ3v) is 9.07. The van der Waals surface area contributed by atoms with Crippen molar-refractivity contribution in [2.24, 2.45) is 0 Å². The van der Waals surface area contributed by atoms with E-state index < -0.39 is 0 Å². The molecule has 0 fully saturated rings. The average molecular weight is 549 g/mol. The van der Waals surface area contributed by atoms with E-state index >= 15 is 0 Å². The molecule has 3 heteroatoms. The molecule has 0 bridgehead atoms. The lowest BCUT2D eigenvalue weighted by Gasteiger charge is -2.13. The number of para-hydroxylation sites is 3. The topological polar surface area (TPSA) is 23.0 Å². The quantitative estimate of drug-likeness (QED) is 0.211. The number of furan rings is 1. The Morgan fingerprint density at radius 3 is 1.74 bits per heavy atom. The Morgan fingerprint density at radius 2 is 1.00 bits per heavy atom. The molecule has 0 aliphatic rings. The third kappa shape index (κ3) is 3.03. The van der Waals surface area contributed by atoms with Gasteiger partial charge in [0.05, 0.1) is 33.1 Å². The van der Waals surface area contributed by atoms with Crippen LogP contribution in [0, 0.1) is 0 Å². The van der Waals surface area contributed by atoms with E-state index in [1.165, 1.54) is 54.4 Å². The van der Waals surface area contributed by atoms with Gasteiger partial charge in [-0.2, -0.15) is 0 Å². The predicted molar refractivity (Wildman–Crippen MR) is 180 cm³/mol. The minimum Gasteiger partial charge on any atom is -0.456 e. The average Bonchev–Trinajstić information content (AvgIpc) is 3.71. The summed E-state index contributed by atoms with van der Waals surface area (Å²) in [5.74, 6) is 0. The van der Waals surface area contributed by atoms with E-state index in [0.717, 1.165) is 33.3 Å². The van der Waals surface area contributed by atoms with Crippen molar-refractivity contribution in [3.05, 3.63) is 146 Å². The Labute approximate surface area is 246 Å². The first-order valence-corrected chi connectivity index (χ1v) is 14.7. The Morgan fingerprint density at radius 1 is 0.395 bits per heavy atom. The first kappa shape index (κ1) is 22.8. The van der Waals surface area contributed by atoms with Crippen LogP contribution in [0.25, 0.3) is 87.7 Å². The summed E-state index contributed by atoms with van der Waals surface area (Å²) >= 11 is 0. The van der Waals surface area contributed by atoms with Crippen LogP contribution in [0.5, 0.6) is 0 Å². The van der Waals surface area contributed by atoms with Crippen molar-refractivity contribution in [2.75, 3.05) is 0 Å². The fraction of sp³-hybridized carbons (Fsp3) is 0. The van der Waals surface area contributed by atoms with Gasteiger partial charge in [-0.1, -0.05) is 97.1 Å². The first-order valence-electron chi connectivity index (χ1n) is 14.7. The zero-order chi connectivity index (χ0) is 28.1. The number of fused-ring (bicyclic) bond motifs is 11. The Kier molecular flexibility index (Phi) is 4.45. The lowest BCUT2D eigenvalue weighted by atomic mass is 10.0. The van der Waals surface area contributed by atoms with Crippen LogP contribution in [0.1, 0.15) is 0 Å². The monoisotopic (exact) mass is 548 g/mol. The van der Waals surface area contributed by atoms with E-state index in [1.807, 2.05) is 0 Å². The van der Waals surface area contributed by atoms with Gasteiger partial charge in [-0.3, -0.25) is 0 Å². The smallest absolute Gasteiger partial charge is 0.137 e. The van der Waals surface area contributed by atoms with Crippen molar-refractivity contribution >= 4 is 76.3 Å². The summed E-state index contributed by atoms with van der Waals surface area (Å²) in [4.78, 5) is 0. The number of hydrogen-bond donors (Lipinski definition) is 0. The van der Waals surface area contributed by atoms with Crippen LogP contribution in [0.15, 0.2) is 150 Å². The van der Waals surface area contributed by atoms with Gasteiger partial charge < -0.3 is 13.6 Å². The maximum atomic E-state index is 6.53. The summed E-state index contributed by atoms with van der Waals surface area (Å²) in [5, 5.41) is 9.61. The van der Waals surface area contributed by atoms with Crippen molar-refractivity contribution in [3.8, 4) is 11.4 Å². The van der Waals surface area contributed by atoms with Crippen LogP contribution in [0.4, 0.5) is 0 Å². The number of nitrogens with zero attached hydrogens (tertiary/aromatic N) is 2. The maximum Gasteiger partial charge on any atom is 0.137 e. The fourth-order valence-corrected chi connectivity index (χ4v) is 7.28. The van der Waals surface area contributed by atoms with Crippen LogP contribution in [0.2, 0.25) is 0 Å². The Hall–Kier alpha value is -5.80. The van der Waals surface area contributed by atoms with Gasteiger partial charge in [0.2, 0.25) is 0 Å². The van der Waals surface area contributed by atoms with E-state index in [-0.39, 0.29) is 0 Å². The molecule has 0 radical (unpaired) electrons. The largest absolute Gasteiger partial charge is 0.456 e. The summed E-state index contributed by atoms with van der Waals surface area (Å²) in [6, 6.07) is 52.3. The molecule has 10 rings (SSSR count). The number of hydrogen-bond acceptors (Lipinski definition) is 1. The predicted octanol–water partition coefficient (Wildman–Crippen LogP) is 10.9. The van der Waals surface area contributed by atoms with Gasteiger partial charge >= 0.3 is 0 Å². The van der Waals surface area contributed by atoms with E-state index in [9.17, 15) is 0 Å². The second kappa shape index (κ2) is 8.37. The molecule has 0 N–H and O–H groups in total. The molecule has 0 atom stereocenters. The molecule has 3 heterocycles. The van der Waals surface area contributed by atoms with Gasteiger partial charge in [0.15, 0.2) is 0 Å². The first-order chi connectivity index (χ1) is 21.3. The number of aromatic nitrogens is 2. The standard InChI is InChI=1S/C40H24N2O/c1-2-13-27(14-3-1)41-33-17-8-6-15-28(33)30-21-22-31-29-16-7-9-18-34(29)42(40(31)39(30)41)35-19-10-20-36-38(35)32-23-25-11-4-5-12-26(25)24-37(32)43-36/h1-24H. The lowest BCUT2D eigenvalue weighted by molar-refractivity contribution is 0.669. The van der Waals surface area contributed by atoms with Crippen molar-refractivity contribution in [1.29, 1.82) is 0 Å². The van der Waals surface area contributed by atoms with E-state index in [2.05, 4.69) is 155 Å². The van der Waals surface area contributed by atoms with Crippen LogP contribution in [-0.4, -0.2) is 9.13 Å². The molecule has 200 valence electrons. The summed E-state index contributed by atoms with van der Waals surface area (Å²) in [6.45, 7) is 0. The summed E-state index contributed by atoms with van der Waals surface area (Å²) in [5.41, 5.74) is 8.85. The summed E-state index contributed by atoms with van der Waals surface area (Å²) in [6.07, 6.45) is 0. The van der Waals surface area contributed by atoms with Gasteiger partial charge in [0.1, 0.15) is 11.2 Å². The highest BCUT2D eigenvalue weighted by Gasteiger charge is 2.23. The highest BCUT2D eigenvalue weighted by atomic mass is 16.3. The molecule has 0 spiro atoms. The molecule has 10 aromatic rings. The van der Waals surface area contributed by atoms with E-state index in [0.29, 0.717) is 0 Å². The van der Waals surface area contributed by atoms with Crippen LogP contribution >= 0.6 is 0 Å². The fourth-order valence-electron chi connectivity index (χ4n) is 7.28. The molecule has 43 heavy (non-hydrogen) atoms. The Bertz CT molecular complexity index is 2720. The summed E-state index contributed by atoms with van der Waals surface area (Å²) < 4.78 is 11.4. The van der Waals surface area contributed by atoms with Gasteiger partial charge in [-0.25, -0.2) is 0 Å². The number of rotatable bonds is 2. The normalized spacial score (nSPS) is 12.2. The minimum absolute atomic E-state index is 0.893. The Balaban J connectivity index is 1.46. The van der Waals surface area contributed by atoms with E-state index in [1.54, 1.807) is 0 Å². The van der Waals surface area contributed by atoms with Crippen molar-refractivity contribution in [1.82, 2.24) is 9.13 Å². The van der Waals surface area contributed by atoms with Gasteiger partial charge in [0, 0.05) is 32.6 Å². The van der Waals surface area contributed by atoms with Crippen LogP contribution in [0.3, 0.4) is 0 Å². The zero-order valence-electron chi connectivity index (χ0n) is 23.2. The van der Waals surface area contributed by atoms with Crippen molar-refractivity contribution in [3.63, 3.8) is 0 Å². The van der Waals surface area contributed by atoms with Gasteiger partial charge in [-0.15, -0.1) is 0 Å². The number of benzene rings is 7. The molecule has 0 aliphatic carbocycles. The minimum atomic E-state index is 0.893. The third-order valence-electron chi connectivity index (χ3n) is 9.07. The van der Waals surface area contributed by atoms with Gasteiger partial charge in [-0.05, 0) is 59.3 Å². The summed E-state index contributed by atoms with van der Waals surface area (Å²) in [7, 11) is 0. The molecular formula is C40H24N2O. The van der Waals surface area contributed by atoms with Gasteiger partial charge in [0.25, 0.3) is 0 Å². The second-order valence-electron chi connectivity index (χ2n) is 11.3. The molecule has 0 aliphatic heterocycles. The van der Waals surface area contributed by atoms with Crippen molar-refractivity contribution in [2.45, 2.75) is 0 Å². The highest BCUT2D eigenvalue weighted by Crippen LogP contribution is 2.44. The zero-order valence-corrected chi connectivity index (χ0v) is 23.2. The van der Waals surface area contributed by atoms with Crippen LogP contribution in [-0.2, 0) is 0 Å². The lowest BCUT2D eigenvalue weighted by Crippen LogP contribution is -1.99. The highest BCUT2D eigenvalue weighted by molar-refractivity contribution is 6.25.